The third-order valence-electron chi connectivity index (χ3n) is 2.97. The molecule has 0 aromatic heterocycles. The summed E-state index contributed by atoms with van der Waals surface area (Å²) in [4.78, 5) is 10.2. The summed E-state index contributed by atoms with van der Waals surface area (Å²) in [5.74, 6) is -0.377. The van der Waals surface area contributed by atoms with Crippen molar-refractivity contribution in [1.29, 1.82) is 0 Å². The van der Waals surface area contributed by atoms with Gasteiger partial charge in [0.2, 0.25) is 0 Å². The van der Waals surface area contributed by atoms with Gasteiger partial charge in [0.25, 0.3) is 5.69 Å². The van der Waals surface area contributed by atoms with E-state index in [2.05, 4.69) is 5.32 Å². The summed E-state index contributed by atoms with van der Waals surface area (Å²) in [6.07, 6.45) is 0. The van der Waals surface area contributed by atoms with Gasteiger partial charge >= 0.3 is 0 Å². The molecular formula is C14H11Cl2FN2O2. The number of nitrogens with zero attached hydrogens (tertiary/aromatic N) is 1. The van der Waals surface area contributed by atoms with Crippen molar-refractivity contribution in [3.63, 3.8) is 0 Å². The average molecular weight is 329 g/mol. The molecule has 0 heterocycles. The fourth-order valence-corrected chi connectivity index (χ4v) is 2.29. The van der Waals surface area contributed by atoms with Crippen LogP contribution in [0.2, 0.25) is 10.0 Å². The first-order valence-electron chi connectivity index (χ1n) is 6.01. The average Bonchev–Trinajstić information content (AvgIpc) is 2.42. The highest BCUT2D eigenvalue weighted by molar-refractivity contribution is 6.33. The molecule has 4 nitrogen and oxygen atoms in total. The van der Waals surface area contributed by atoms with Crippen LogP contribution in [0.25, 0.3) is 0 Å². The van der Waals surface area contributed by atoms with Gasteiger partial charge in [-0.05, 0) is 36.8 Å². The van der Waals surface area contributed by atoms with Gasteiger partial charge in [0.15, 0.2) is 0 Å². The van der Waals surface area contributed by atoms with Crippen molar-refractivity contribution < 1.29 is 9.31 Å². The molecule has 0 atom stereocenters. The SMILES string of the molecule is Cc1cc([N+](=O)[O-])c(Cl)cc1NCc1cc(Cl)ccc1F. The zero-order valence-corrected chi connectivity index (χ0v) is 12.5. The molecule has 21 heavy (non-hydrogen) atoms. The second-order valence-electron chi connectivity index (χ2n) is 4.46. The van der Waals surface area contributed by atoms with Gasteiger partial charge in [-0.3, -0.25) is 10.1 Å². The summed E-state index contributed by atoms with van der Waals surface area (Å²) in [5.41, 5.74) is 1.49. The molecule has 2 rings (SSSR count). The Hall–Kier alpha value is -1.85. The van der Waals surface area contributed by atoms with Gasteiger partial charge in [-0.2, -0.15) is 0 Å². The topological polar surface area (TPSA) is 55.2 Å². The van der Waals surface area contributed by atoms with E-state index in [1.807, 2.05) is 0 Å². The highest BCUT2D eigenvalue weighted by Gasteiger charge is 2.15. The molecule has 110 valence electrons. The van der Waals surface area contributed by atoms with Crippen LogP contribution in [-0.2, 0) is 6.54 Å². The standard InChI is InChI=1S/C14H11Cl2FN2O2/c1-8-4-14(19(20)21)11(16)6-13(8)18-7-9-5-10(15)2-3-12(9)17/h2-6,18H,7H2,1H3. The Bertz CT molecular complexity index is 708. The largest absolute Gasteiger partial charge is 0.381 e. The molecular weight excluding hydrogens is 318 g/mol. The lowest BCUT2D eigenvalue weighted by Crippen LogP contribution is -2.04. The van der Waals surface area contributed by atoms with Crippen LogP contribution in [0.5, 0.6) is 0 Å². The smallest absolute Gasteiger partial charge is 0.288 e. The highest BCUT2D eigenvalue weighted by Crippen LogP contribution is 2.31. The Morgan fingerprint density at radius 3 is 2.67 bits per heavy atom. The van der Waals surface area contributed by atoms with Crippen molar-refractivity contribution in [1.82, 2.24) is 0 Å². The number of nitrogens with one attached hydrogen (secondary N) is 1. The summed E-state index contributed by atoms with van der Waals surface area (Å²) in [6, 6.07) is 7.10. The second kappa shape index (κ2) is 6.28. The molecule has 0 aliphatic carbocycles. The normalized spacial score (nSPS) is 10.5. The minimum Gasteiger partial charge on any atom is -0.381 e. The molecule has 0 spiro atoms. The summed E-state index contributed by atoms with van der Waals surface area (Å²) in [6.45, 7) is 1.90. The van der Waals surface area contributed by atoms with Crippen molar-refractivity contribution in [3.05, 3.63) is 67.4 Å². The van der Waals surface area contributed by atoms with Gasteiger partial charge in [-0.1, -0.05) is 23.2 Å². The number of hydrogen-bond acceptors (Lipinski definition) is 3. The number of hydrogen-bond donors (Lipinski definition) is 1. The van der Waals surface area contributed by atoms with Crippen LogP contribution >= 0.6 is 23.2 Å². The maximum Gasteiger partial charge on any atom is 0.288 e. The van der Waals surface area contributed by atoms with E-state index < -0.39 is 4.92 Å². The van der Waals surface area contributed by atoms with E-state index in [-0.39, 0.29) is 23.1 Å². The predicted octanol–water partition coefficient (Wildman–Crippen LogP) is 4.96. The molecule has 1 N–H and O–H groups in total. The quantitative estimate of drug-likeness (QED) is 0.637. The molecule has 0 radical (unpaired) electrons. The van der Waals surface area contributed by atoms with Crippen molar-refractivity contribution in [2.45, 2.75) is 13.5 Å². The molecule has 0 fully saturated rings. The number of anilines is 1. The van der Waals surface area contributed by atoms with Gasteiger partial charge in [0, 0.05) is 28.9 Å². The lowest BCUT2D eigenvalue weighted by molar-refractivity contribution is -0.384. The van der Waals surface area contributed by atoms with Crippen LogP contribution in [0.3, 0.4) is 0 Å². The summed E-state index contributed by atoms with van der Waals surface area (Å²) >= 11 is 11.7. The highest BCUT2D eigenvalue weighted by atomic mass is 35.5. The molecule has 0 unspecified atom stereocenters. The predicted molar refractivity (Wildman–Crippen MR) is 81.6 cm³/mol. The molecule has 2 aromatic carbocycles. The number of rotatable bonds is 4. The van der Waals surface area contributed by atoms with Crippen LogP contribution in [0.15, 0.2) is 30.3 Å². The zero-order chi connectivity index (χ0) is 15.6. The third-order valence-corrected chi connectivity index (χ3v) is 3.51. The maximum absolute atomic E-state index is 13.6. The van der Waals surface area contributed by atoms with Gasteiger partial charge in [-0.25, -0.2) is 4.39 Å². The molecule has 0 amide bonds. The van der Waals surface area contributed by atoms with Gasteiger partial charge in [-0.15, -0.1) is 0 Å². The van der Waals surface area contributed by atoms with Gasteiger partial charge in [0.1, 0.15) is 10.8 Å². The Morgan fingerprint density at radius 2 is 2.00 bits per heavy atom. The van der Waals surface area contributed by atoms with E-state index in [9.17, 15) is 14.5 Å². The fraction of sp³-hybridized carbons (Fsp3) is 0.143. The van der Waals surface area contributed by atoms with Crippen LogP contribution < -0.4 is 5.32 Å². The number of benzene rings is 2. The zero-order valence-electron chi connectivity index (χ0n) is 11.0. The molecule has 7 heteroatoms. The fourth-order valence-electron chi connectivity index (χ4n) is 1.87. The van der Waals surface area contributed by atoms with Gasteiger partial charge < -0.3 is 5.32 Å². The second-order valence-corrected chi connectivity index (χ2v) is 5.31. The van der Waals surface area contributed by atoms with Crippen LogP contribution in [0, 0.1) is 22.9 Å². The molecule has 0 bridgehead atoms. The number of nitro benzene ring substituents is 1. The van der Waals surface area contributed by atoms with Crippen LogP contribution in [0.1, 0.15) is 11.1 Å². The summed E-state index contributed by atoms with van der Waals surface area (Å²) < 4.78 is 13.6. The maximum atomic E-state index is 13.6. The molecule has 2 aromatic rings. The lowest BCUT2D eigenvalue weighted by atomic mass is 10.1. The van der Waals surface area contributed by atoms with Crippen molar-refractivity contribution in [2.24, 2.45) is 0 Å². The van der Waals surface area contributed by atoms with E-state index in [1.54, 1.807) is 6.92 Å². The first kappa shape index (κ1) is 15.5. The van der Waals surface area contributed by atoms with Gasteiger partial charge in [0.05, 0.1) is 4.92 Å². The Kier molecular flexibility index (Phi) is 4.65. The Labute approximate surface area is 130 Å². The van der Waals surface area contributed by atoms with Crippen molar-refractivity contribution in [3.8, 4) is 0 Å². The Morgan fingerprint density at radius 1 is 1.29 bits per heavy atom. The van der Waals surface area contributed by atoms with E-state index in [0.717, 1.165) is 0 Å². The number of nitro groups is 1. The first-order chi connectivity index (χ1) is 9.88. The summed E-state index contributed by atoms with van der Waals surface area (Å²) in [5, 5.41) is 14.2. The molecule has 0 saturated heterocycles. The van der Waals surface area contributed by atoms with E-state index in [0.29, 0.717) is 21.8 Å². The summed E-state index contributed by atoms with van der Waals surface area (Å²) in [7, 11) is 0. The third kappa shape index (κ3) is 3.62. The number of halogens is 3. The minimum absolute atomic E-state index is 0.0275. The van der Waals surface area contributed by atoms with E-state index in [4.69, 9.17) is 23.2 Å². The van der Waals surface area contributed by atoms with Crippen LogP contribution in [-0.4, -0.2) is 4.92 Å². The lowest BCUT2D eigenvalue weighted by Gasteiger charge is -2.11. The van der Waals surface area contributed by atoms with Crippen molar-refractivity contribution in [2.75, 3.05) is 5.32 Å². The van der Waals surface area contributed by atoms with Crippen LogP contribution in [0.4, 0.5) is 15.8 Å². The van der Waals surface area contributed by atoms with E-state index in [1.165, 1.54) is 30.3 Å². The molecule has 0 saturated carbocycles. The first-order valence-corrected chi connectivity index (χ1v) is 6.76. The minimum atomic E-state index is -0.546. The Balaban J connectivity index is 2.22. The molecule has 0 aliphatic heterocycles. The number of aryl methyl sites for hydroxylation is 1. The van der Waals surface area contributed by atoms with Crippen molar-refractivity contribution >= 4 is 34.6 Å². The van der Waals surface area contributed by atoms with E-state index >= 15 is 0 Å². The monoisotopic (exact) mass is 328 g/mol. The molecule has 0 aliphatic rings.